The Morgan fingerprint density at radius 3 is 2.33 bits per heavy atom. The van der Waals surface area contributed by atoms with Crippen LogP contribution in [0.5, 0.6) is 0 Å². The number of nitrogens with one attached hydrogen (secondary N) is 1. The molecule has 4 nitrogen and oxygen atoms in total. The molecule has 1 amide bonds. The van der Waals surface area contributed by atoms with Crippen LogP contribution in [0.1, 0.15) is 26.2 Å². The number of alkyl halides is 3. The Morgan fingerprint density at radius 2 is 1.93 bits per heavy atom. The average Bonchev–Trinajstić information content (AvgIpc) is 2.01. The number of carboxylic acid groups (broad SMARTS) is 1. The van der Waals surface area contributed by atoms with Gasteiger partial charge in [-0.2, -0.15) is 13.2 Å². The Kier molecular flexibility index (Phi) is 5.10. The lowest BCUT2D eigenvalue weighted by atomic mass is 10.1. The highest BCUT2D eigenvalue weighted by atomic mass is 19.4. The first-order chi connectivity index (χ1) is 6.73. The lowest BCUT2D eigenvalue weighted by Crippen LogP contribution is -2.41. The number of hydrogen-bond acceptors (Lipinski definition) is 2. The van der Waals surface area contributed by atoms with Crippen molar-refractivity contribution in [1.29, 1.82) is 0 Å². The SMILES string of the molecule is CC(CCCC(=O)O)NC(=O)C(F)(F)F. The van der Waals surface area contributed by atoms with Crippen molar-refractivity contribution < 1.29 is 27.9 Å². The molecule has 0 spiro atoms. The van der Waals surface area contributed by atoms with E-state index in [1.54, 1.807) is 5.32 Å². The molecule has 0 aliphatic heterocycles. The van der Waals surface area contributed by atoms with Gasteiger partial charge in [-0.05, 0) is 19.8 Å². The minimum atomic E-state index is -4.89. The molecule has 0 saturated carbocycles. The van der Waals surface area contributed by atoms with Gasteiger partial charge < -0.3 is 10.4 Å². The molecule has 0 rings (SSSR count). The van der Waals surface area contributed by atoms with Crippen LogP contribution in [0.2, 0.25) is 0 Å². The molecule has 7 heteroatoms. The number of carbonyl (C=O) groups is 2. The third kappa shape index (κ3) is 6.75. The van der Waals surface area contributed by atoms with Crippen molar-refractivity contribution in [3.63, 3.8) is 0 Å². The van der Waals surface area contributed by atoms with Gasteiger partial charge in [-0.3, -0.25) is 9.59 Å². The van der Waals surface area contributed by atoms with Crippen LogP contribution >= 0.6 is 0 Å². The maximum atomic E-state index is 11.8. The summed E-state index contributed by atoms with van der Waals surface area (Å²) < 4.78 is 35.3. The van der Waals surface area contributed by atoms with E-state index in [1.165, 1.54) is 6.92 Å². The lowest BCUT2D eigenvalue weighted by Gasteiger charge is -2.14. The quantitative estimate of drug-likeness (QED) is 0.744. The second kappa shape index (κ2) is 5.57. The summed E-state index contributed by atoms with van der Waals surface area (Å²) in [5, 5.41) is 10.0. The number of aliphatic carboxylic acids is 1. The van der Waals surface area contributed by atoms with E-state index in [2.05, 4.69) is 0 Å². The molecular formula is C8H12F3NO3. The zero-order chi connectivity index (χ0) is 12.1. The van der Waals surface area contributed by atoms with Crippen LogP contribution in [0.4, 0.5) is 13.2 Å². The van der Waals surface area contributed by atoms with Crippen molar-refractivity contribution in [2.24, 2.45) is 0 Å². The molecule has 1 atom stereocenters. The molecule has 0 heterocycles. The van der Waals surface area contributed by atoms with Gasteiger partial charge in [0, 0.05) is 12.5 Å². The Morgan fingerprint density at radius 1 is 1.40 bits per heavy atom. The first-order valence-electron chi connectivity index (χ1n) is 4.33. The van der Waals surface area contributed by atoms with E-state index in [-0.39, 0.29) is 19.3 Å². The molecule has 0 aliphatic rings. The van der Waals surface area contributed by atoms with Gasteiger partial charge in [0.05, 0.1) is 0 Å². The maximum Gasteiger partial charge on any atom is 0.471 e. The summed E-state index contributed by atoms with van der Waals surface area (Å²) in [6, 6.07) is -0.682. The smallest absolute Gasteiger partial charge is 0.471 e. The summed E-state index contributed by atoms with van der Waals surface area (Å²) in [7, 11) is 0. The molecule has 2 N–H and O–H groups in total. The minimum absolute atomic E-state index is 0.119. The van der Waals surface area contributed by atoms with Gasteiger partial charge in [0.25, 0.3) is 0 Å². The van der Waals surface area contributed by atoms with Crippen molar-refractivity contribution in [1.82, 2.24) is 5.32 Å². The highest BCUT2D eigenvalue weighted by Crippen LogP contribution is 2.15. The van der Waals surface area contributed by atoms with Crippen LogP contribution < -0.4 is 5.32 Å². The van der Waals surface area contributed by atoms with E-state index in [9.17, 15) is 22.8 Å². The van der Waals surface area contributed by atoms with Crippen molar-refractivity contribution >= 4 is 11.9 Å². The first-order valence-corrected chi connectivity index (χ1v) is 4.33. The zero-order valence-corrected chi connectivity index (χ0v) is 8.10. The van der Waals surface area contributed by atoms with Gasteiger partial charge in [-0.15, -0.1) is 0 Å². The second-order valence-electron chi connectivity index (χ2n) is 3.16. The van der Waals surface area contributed by atoms with Crippen molar-refractivity contribution in [2.75, 3.05) is 0 Å². The Hall–Kier alpha value is -1.27. The molecular weight excluding hydrogens is 215 g/mol. The van der Waals surface area contributed by atoms with E-state index >= 15 is 0 Å². The van der Waals surface area contributed by atoms with Crippen molar-refractivity contribution in [2.45, 2.75) is 38.4 Å². The fraction of sp³-hybridized carbons (Fsp3) is 0.750. The van der Waals surface area contributed by atoms with Crippen molar-refractivity contribution in [3.05, 3.63) is 0 Å². The molecule has 15 heavy (non-hydrogen) atoms. The van der Waals surface area contributed by atoms with Crippen LogP contribution in [-0.4, -0.2) is 29.2 Å². The normalized spacial score (nSPS) is 13.3. The molecule has 0 bridgehead atoms. The number of carboxylic acids is 1. The summed E-state index contributed by atoms with van der Waals surface area (Å²) in [5.41, 5.74) is 0. The number of halogens is 3. The van der Waals surface area contributed by atoms with E-state index in [4.69, 9.17) is 5.11 Å². The summed E-state index contributed by atoms with van der Waals surface area (Å²) in [5.74, 6) is -3.00. The second-order valence-corrected chi connectivity index (χ2v) is 3.16. The molecule has 88 valence electrons. The van der Waals surface area contributed by atoms with Gasteiger partial charge in [-0.25, -0.2) is 0 Å². The van der Waals surface area contributed by atoms with E-state index < -0.39 is 24.1 Å². The molecule has 0 saturated heterocycles. The monoisotopic (exact) mass is 227 g/mol. The van der Waals surface area contributed by atoms with Gasteiger partial charge in [0.2, 0.25) is 0 Å². The molecule has 0 aromatic heterocycles. The Labute approximate surface area is 84.5 Å². The number of amides is 1. The molecule has 0 aromatic carbocycles. The third-order valence-electron chi connectivity index (χ3n) is 1.66. The zero-order valence-electron chi connectivity index (χ0n) is 8.10. The standard InChI is InChI=1S/C8H12F3NO3/c1-5(3-2-4-6(13)14)12-7(15)8(9,10)11/h5H,2-4H2,1H3,(H,12,15)(H,13,14). The molecule has 1 unspecified atom stereocenters. The van der Waals surface area contributed by atoms with Crippen LogP contribution in [0, 0.1) is 0 Å². The molecule has 0 aliphatic carbocycles. The summed E-state index contributed by atoms with van der Waals surface area (Å²) in [4.78, 5) is 20.5. The van der Waals surface area contributed by atoms with Crippen LogP contribution in [0.25, 0.3) is 0 Å². The highest BCUT2D eigenvalue weighted by Gasteiger charge is 2.39. The van der Waals surface area contributed by atoms with Gasteiger partial charge in [0.15, 0.2) is 0 Å². The fourth-order valence-corrected chi connectivity index (χ4v) is 0.937. The first kappa shape index (κ1) is 13.7. The lowest BCUT2D eigenvalue weighted by molar-refractivity contribution is -0.174. The number of hydrogen-bond donors (Lipinski definition) is 2. The van der Waals surface area contributed by atoms with Gasteiger partial charge in [-0.1, -0.05) is 0 Å². The molecule has 0 radical (unpaired) electrons. The van der Waals surface area contributed by atoms with E-state index in [0.717, 1.165) is 0 Å². The fourth-order valence-electron chi connectivity index (χ4n) is 0.937. The van der Waals surface area contributed by atoms with Crippen LogP contribution in [0.15, 0.2) is 0 Å². The van der Waals surface area contributed by atoms with E-state index in [1.807, 2.05) is 0 Å². The van der Waals surface area contributed by atoms with E-state index in [0.29, 0.717) is 0 Å². The van der Waals surface area contributed by atoms with Crippen LogP contribution in [0.3, 0.4) is 0 Å². The maximum absolute atomic E-state index is 11.8. The topological polar surface area (TPSA) is 66.4 Å². The van der Waals surface area contributed by atoms with Gasteiger partial charge >= 0.3 is 18.1 Å². The average molecular weight is 227 g/mol. The summed E-state index contributed by atoms with van der Waals surface area (Å²) in [6.45, 7) is 1.39. The molecule has 0 aromatic rings. The summed E-state index contributed by atoms with van der Waals surface area (Å²) >= 11 is 0. The largest absolute Gasteiger partial charge is 0.481 e. The number of carbonyl (C=O) groups excluding carboxylic acids is 1. The highest BCUT2D eigenvalue weighted by molar-refractivity contribution is 5.81. The number of rotatable bonds is 5. The van der Waals surface area contributed by atoms with Crippen molar-refractivity contribution in [3.8, 4) is 0 Å². The third-order valence-corrected chi connectivity index (χ3v) is 1.66. The molecule has 0 fully saturated rings. The Bertz CT molecular complexity index is 240. The predicted octanol–water partition coefficient (Wildman–Crippen LogP) is 1.31. The van der Waals surface area contributed by atoms with Crippen LogP contribution in [-0.2, 0) is 9.59 Å². The minimum Gasteiger partial charge on any atom is -0.481 e. The van der Waals surface area contributed by atoms with Gasteiger partial charge in [0.1, 0.15) is 0 Å². The Balaban J connectivity index is 3.79. The summed E-state index contributed by atoms with van der Waals surface area (Å²) in [6.07, 6.45) is -4.57. The predicted molar refractivity (Wildman–Crippen MR) is 45.1 cm³/mol.